The van der Waals surface area contributed by atoms with E-state index >= 15 is 0 Å². The van der Waals surface area contributed by atoms with Crippen molar-refractivity contribution in [3.05, 3.63) is 59.4 Å². The molecule has 0 spiro atoms. The molecule has 5 nitrogen and oxygen atoms in total. The molecule has 0 saturated heterocycles. The minimum absolute atomic E-state index is 0.0352. The largest absolute Gasteiger partial charge is 0.339 e. The number of carbonyl (C=O) groups excluding carboxylic acids is 2. The summed E-state index contributed by atoms with van der Waals surface area (Å²) >= 11 is 0. The van der Waals surface area contributed by atoms with Gasteiger partial charge in [0.05, 0.1) is 0 Å². The average Bonchev–Trinajstić information content (AvgIpc) is 3.11. The molecule has 0 N–H and O–H groups in total. The van der Waals surface area contributed by atoms with Gasteiger partial charge in [0.15, 0.2) is 0 Å². The maximum Gasteiger partial charge on any atom is 0.276 e. The van der Waals surface area contributed by atoms with Gasteiger partial charge in [-0.1, -0.05) is 32.0 Å². The van der Waals surface area contributed by atoms with Gasteiger partial charge >= 0.3 is 0 Å². The van der Waals surface area contributed by atoms with E-state index in [0.29, 0.717) is 17.8 Å². The molecule has 5 heteroatoms. The highest BCUT2D eigenvalue weighted by atomic mass is 16.2. The predicted octanol–water partition coefficient (Wildman–Crippen LogP) is 3.55. The number of benzene rings is 1. The number of hydrogen-bond acceptors (Lipinski definition) is 3. The highest BCUT2D eigenvalue weighted by molar-refractivity contribution is 6.07. The highest BCUT2D eigenvalue weighted by Gasteiger charge is 2.26. The van der Waals surface area contributed by atoms with Crippen LogP contribution >= 0.6 is 0 Å². The molecule has 1 aromatic heterocycles. The van der Waals surface area contributed by atoms with E-state index in [9.17, 15) is 9.59 Å². The summed E-state index contributed by atoms with van der Waals surface area (Å²) < 4.78 is 0. The number of amides is 2. The van der Waals surface area contributed by atoms with E-state index in [1.807, 2.05) is 29.2 Å². The van der Waals surface area contributed by atoms with Crippen LogP contribution in [0, 0.1) is 0 Å². The quantitative estimate of drug-likeness (QED) is 0.800. The van der Waals surface area contributed by atoms with Crippen molar-refractivity contribution in [3.8, 4) is 0 Å². The smallest absolute Gasteiger partial charge is 0.276 e. The summed E-state index contributed by atoms with van der Waals surface area (Å²) in [6, 6.07) is 11.2. The molecule has 1 aliphatic rings. The highest BCUT2D eigenvalue weighted by Crippen LogP contribution is 2.28. The Hall–Kier alpha value is -2.69. The van der Waals surface area contributed by atoms with E-state index in [0.717, 1.165) is 38.0 Å². The summed E-state index contributed by atoms with van der Waals surface area (Å²) in [5.41, 5.74) is 2.96. The second-order valence-electron chi connectivity index (χ2n) is 6.56. The summed E-state index contributed by atoms with van der Waals surface area (Å²) in [4.78, 5) is 33.6. The van der Waals surface area contributed by atoms with Crippen molar-refractivity contribution < 1.29 is 9.59 Å². The monoisotopic (exact) mass is 351 g/mol. The summed E-state index contributed by atoms with van der Waals surface area (Å²) in [5.74, 6) is -0.186. The number of pyridine rings is 1. The molecular formula is C21H25N3O2. The molecule has 0 bridgehead atoms. The Balaban J connectivity index is 1.83. The zero-order valence-electron chi connectivity index (χ0n) is 15.4. The van der Waals surface area contributed by atoms with Crippen molar-refractivity contribution >= 4 is 17.5 Å². The standard InChI is InChI=1S/C21H25N3O2/c1-3-12-23(13-4-2)20(25)17-9-11-22-18(15-17)21(26)24-14-10-16-7-5-6-8-19(16)24/h5-9,11,15H,3-4,10,12-14H2,1-2H3. The number of nitrogens with zero attached hydrogens (tertiary/aromatic N) is 3. The number of rotatable bonds is 6. The molecule has 3 rings (SSSR count). The number of fused-ring (bicyclic) bond motifs is 1. The van der Waals surface area contributed by atoms with Gasteiger partial charge in [-0.25, -0.2) is 0 Å². The normalized spacial score (nSPS) is 12.8. The molecule has 0 radical (unpaired) electrons. The first-order valence-corrected chi connectivity index (χ1v) is 9.30. The van der Waals surface area contributed by atoms with Crippen LogP contribution in [0.5, 0.6) is 0 Å². The maximum absolute atomic E-state index is 12.9. The third-order valence-electron chi connectivity index (χ3n) is 4.63. The maximum atomic E-state index is 12.9. The Kier molecular flexibility index (Phi) is 5.66. The summed E-state index contributed by atoms with van der Waals surface area (Å²) in [7, 11) is 0. The van der Waals surface area contributed by atoms with Gasteiger partial charge in [0.1, 0.15) is 5.69 Å². The molecule has 1 aliphatic heterocycles. The van der Waals surface area contributed by atoms with E-state index in [2.05, 4.69) is 18.8 Å². The van der Waals surface area contributed by atoms with Gasteiger partial charge in [0, 0.05) is 37.1 Å². The number of hydrogen-bond donors (Lipinski definition) is 0. The van der Waals surface area contributed by atoms with Crippen LogP contribution < -0.4 is 4.90 Å². The summed E-state index contributed by atoms with van der Waals surface area (Å²) in [5, 5.41) is 0. The van der Waals surface area contributed by atoms with Crippen LogP contribution in [0.15, 0.2) is 42.6 Å². The van der Waals surface area contributed by atoms with Crippen molar-refractivity contribution in [2.75, 3.05) is 24.5 Å². The van der Waals surface area contributed by atoms with Crippen molar-refractivity contribution in [1.82, 2.24) is 9.88 Å². The Morgan fingerprint density at radius 3 is 2.58 bits per heavy atom. The molecule has 2 aromatic rings. The lowest BCUT2D eigenvalue weighted by Crippen LogP contribution is -2.33. The van der Waals surface area contributed by atoms with Gasteiger partial charge in [0.25, 0.3) is 11.8 Å². The Morgan fingerprint density at radius 1 is 1.12 bits per heavy atom. The molecular weight excluding hydrogens is 326 g/mol. The zero-order valence-corrected chi connectivity index (χ0v) is 15.4. The van der Waals surface area contributed by atoms with Crippen molar-refractivity contribution in [2.24, 2.45) is 0 Å². The van der Waals surface area contributed by atoms with Crippen LogP contribution in [0.3, 0.4) is 0 Å². The fraction of sp³-hybridized carbons (Fsp3) is 0.381. The molecule has 0 saturated carbocycles. The van der Waals surface area contributed by atoms with E-state index < -0.39 is 0 Å². The van der Waals surface area contributed by atoms with E-state index in [1.165, 1.54) is 5.56 Å². The lowest BCUT2D eigenvalue weighted by molar-refractivity contribution is 0.0755. The molecule has 26 heavy (non-hydrogen) atoms. The third-order valence-corrected chi connectivity index (χ3v) is 4.63. The molecule has 0 fully saturated rings. The second-order valence-corrected chi connectivity index (χ2v) is 6.56. The van der Waals surface area contributed by atoms with Crippen LogP contribution in [-0.4, -0.2) is 41.3 Å². The Morgan fingerprint density at radius 2 is 1.85 bits per heavy atom. The van der Waals surface area contributed by atoms with Crippen LogP contribution in [0.2, 0.25) is 0 Å². The molecule has 2 heterocycles. The molecule has 0 unspecified atom stereocenters. The first-order chi connectivity index (χ1) is 12.7. The van der Waals surface area contributed by atoms with E-state index in [1.54, 1.807) is 23.2 Å². The van der Waals surface area contributed by atoms with Crippen molar-refractivity contribution in [1.29, 1.82) is 0 Å². The molecule has 2 amide bonds. The zero-order chi connectivity index (χ0) is 18.5. The van der Waals surface area contributed by atoms with Gasteiger partial charge in [-0.2, -0.15) is 0 Å². The van der Waals surface area contributed by atoms with Gasteiger partial charge in [0.2, 0.25) is 0 Å². The summed E-state index contributed by atoms with van der Waals surface area (Å²) in [6.45, 7) is 6.20. The molecule has 0 aliphatic carbocycles. The fourth-order valence-corrected chi connectivity index (χ4v) is 3.41. The van der Waals surface area contributed by atoms with Crippen LogP contribution in [-0.2, 0) is 6.42 Å². The topological polar surface area (TPSA) is 53.5 Å². The van der Waals surface area contributed by atoms with Gasteiger partial charge in [-0.3, -0.25) is 14.6 Å². The van der Waals surface area contributed by atoms with Crippen LogP contribution in [0.4, 0.5) is 5.69 Å². The average molecular weight is 351 g/mol. The SMILES string of the molecule is CCCN(CCC)C(=O)c1ccnc(C(=O)N2CCc3ccccc32)c1. The lowest BCUT2D eigenvalue weighted by atomic mass is 10.1. The molecule has 136 valence electrons. The van der Waals surface area contributed by atoms with Crippen molar-refractivity contribution in [2.45, 2.75) is 33.1 Å². The first-order valence-electron chi connectivity index (χ1n) is 9.30. The molecule has 0 atom stereocenters. The van der Waals surface area contributed by atoms with Gasteiger partial charge in [-0.05, 0) is 43.0 Å². The third kappa shape index (κ3) is 3.62. The number of carbonyl (C=O) groups is 2. The first kappa shape index (κ1) is 18.1. The van der Waals surface area contributed by atoms with E-state index in [-0.39, 0.29) is 11.8 Å². The number of para-hydroxylation sites is 1. The van der Waals surface area contributed by atoms with Gasteiger partial charge < -0.3 is 9.80 Å². The van der Waals surface area contributed by atoms with Crippen molar-refractivity contribution in [3.63, 3.8) is 0 Å². The second kappa shape index (κ2) is 8.13. The van der Waals surface area contributed by atoms with E-state index in [4.69, 9.17) is 0 Å². The number of aromatic nitrogens is 1. The van der Waals surface area contributed by atoms with Gasteiger partial charge in [-0.15, -0.1) is 0 Å². The minimum Gasteiger partial charge on any atom is -0.339 e. The van der Waals surface area contributed by atoms with Crippen LogP contribution in [0.25, 0.3) is 0 Å². The summed E-state index contributed by atoms with van der Waals surface area (Å²) in [6.07, 6.45) is 4.22. The number of anilines is 1. The Bertz CT molecular complexity index is 797. The van der Waals surface area contributed by atoms with Crippen LogP contribution in [0.1, 0.15) is 53.1 Å². The molecule has 1 aromatic carbocycles. The minimum atomic E-state index is -0.151. The Labute approximate surface area is 154 Å². The lowest BCUT2D eigenvalue weighted by Gasteiger charge is -2.22. The predicted molar refractivity (Wildman–Crippen MR) is 103 cm³/mol. The fourth-order valence-electron chi connectivity index (χ4n) is 3.41.